The molecule has 1 fully saturated rings. The van der Waals surface area contributed by atoms with Crippen LogP contribution in [0.1, 0.15) is 17.9 Å². The number of nitrogens with zero attached hydrogens (tertiary/aromatic N) is 4. The number of nitrogens with one attached hydrogen (secondary N) is 2. The number of likely N-dealkylation sites (tertiary alicyclic amines) is 1. The molecular weight excluding hydrogens is 383 g/mol. The fourth-order valence-corrected chi connectivity index (χ4v) is 2.46. The Morgan fingerprint density at radius 1 is 1.57 bits per heavy atom. The summed E-state index contributed by atoms with van der Waals surface area (Å²) in [6.45, 7) is 2.09. The highest BCUT2D eigenvalue weighted by Gasteiger charge is 2.26. The largest absolute Gasteiger partial charge is 0.358 e. The Hall–Kier alpha value is -1.32. The maximum absolute atomic E-state index is 11.3. The molecule has 2 rings (SSSR count). The van der Waals surface area contributed by atoms with Gasteiger partial charge in [-0.05, 0) is 12.0 Å². The van der Waals surface area contributed by atoms with Crippen LogP contribution in [0.15, 0.2) is 17.4 Å². The average molecular weight is 406 g/mol. The summed E-state index contributed by atoms with van der Waals surface area (Å²) >= 11 is 0. The van der Waals surface area contributed by atoms with Crippen LogP contribution >= 0.6 is 24.0 Å². The molecule has 1 aliphatic rings. The van der Waals surface area contributed by atoms with Crippen molar-refractivity contribution in [2.24, 2.45) is 12.0 Å². The van der Waals surface area contributed by atoms with Gasteiger partial charge in [-0.25, -0.2) is 0 Å². The van der Waals surface area contributed by atoms with Gasteiger partial charge in [-0.1, -0.05) is 0 Å². The fourth-order valence-electron chi connectivity index (χ4n) is 2.46. The molecule has 0 saturated carbocycles. The van der Waals surface area contributed by atoms with E-state index in [1.807, 2.05) is 17.9 Å². The molecule has 1 atom stereocenters. The van der Waals surface area contributed by atoms with Crippen molar-refractivity contribution in [2.45, 2.75) is 12.3 Å². The molecule has 1 unspecified atom stereocenters. The van der Waals surface area contributed by atoms with Crippen molar-refractivity contribution >= 4 is 35.8 Å². The second kappa shape index (κ2) is 8.20. The van der Waals surface area contributed by atoms with E-state index < -0.39 is 0 Å². The van der Waals surface area contributed by atoms with E-state index in [4.69, 9.17) is 0 Å². The number of amides is 1. The van der Waals surface area contributed by atoms with Crippen LogP contribution in [0.4, 0.5) is 0 Å². The van der Waals surface area contributed by atoms with Crippen LogP contribution in [0, 0.1) is 0 Å². The van der Waals surface area contributed by atoms with Gasteiger partial charge in [0.2, 0.25) is 5.91 Å². The molecule has 1 saturated heterocycles. The van der Waals surface area contributed by atoms with Crippen LogP contribution in [0.3, 0.4) is 0 Å². The number of hydrogen-bond acceptors (Lipinski definition) is 3. The van der Waals surface area contributed by atoms with Crippen LogP contribution in [0.25, 0.3) is 0 Å². The van der Waals surface area contributed by atoms with Gasteiger partial charge in [-0.15, -0.1) is 24.0 Å². The second-order valence-electron chi connectivity index (χ2n) is 4.95. The Bertz CT molecular complexity index is 501. The SMILES string of the molecule is CN=C(NCC(=O)NC)N1CCC(c2cnn(C)c2)C1.I. The summed E-state index contributed by atoms with van der Waals surface area (Å²) in [4.78, 5) is 17.7. The van der Waals surface area contributed by atoms with Crippen molar-refractivity contribution in [1.82, 2.24) is 25.3 Å². The smallest absolute Gasteiger partial charge is 0.239 e. The Kier molecular flexibility index (Phi) is 6.93. The molecule has 2 N–H and O–H groups in total. The van der Waals surface area contributed by atoms with Gasteiger partial charge < -0.3 is 15.5 Å². The predicted octanol–water partition coefficient (Wildman–Crippen LogP) is 0.149. The van der Waals surface area contributed by atoms with Crippen molar-refractivity contribution in [3.8, 4) is 0 Å². The van der Waals surface area contributed by atoms with E-state index in [0.717, 1.165) is 25.5 Å². The van der Waals surface area contributed by atoms with Gasteiger partial charge in [0.15, 0.2) is 5.96 Å². The zero-order valence-electron chi connectivity index (χ0n) is 12.7. The van der Waals surface area contributed by atoms with E-state index >= 15 is 0 Å². The molecule has 0 spiro atoms. The highest BCUT2D eigenvalue weighted by Crippen LogP contribution is 2.26. The van der Waals surface area contributed by atoms with Gasteiger partial charge in [-0.3, -0.25) is 14.5 Å². The molecule has 1 aromatic heterocycles. The van der Waals surface area contributed by atoms with Crippen LogP contribution in [0.2, 0.25) is 0 Å². The zero-order chi connectivity index (χ0) is 14.5. The molecule has 0 radical (unpaired) electrons. The summed E-state index contributed by atoms with van der Waals surface area (Å²) in [6, 6.07) is 0. The monoisotopic (exact) mass is 406 g/mol. The lowest BCUT2D eigenvalue weighted by Gasteiger charge is -2.21. The van der Waals surface area contributed by atoms with Crippen LogP contribution in [0.5, 0.6) is 0 Å². The molecule has 0 aliphatic carbocycles. The first-order valence-corrected chi connectivity index (χ1v) is 6.78. The number of guanidine groups is 1. The maximum Gasteiger partial charge on any atom is 0.239 e. The van der Waals surface area contributed by atoms with E-state index in [9.17, 15) is 4.79 Å². The Morgan fingerprint density at radius 2 is 2.33 bits per heavy atom. The van der Waals surface area contributed by atoms with Crippen LogP contribution < -0.4 is 10.6 Å². The molecule has 0 aromatic carbocycles. The van der Waals surface area contributed by atoms with Gasteiger partial charge in [0.1, 0.15) is 0 Å². The number of carbonyl (C=O) groups excluding carboxylic acids is 1. The minimum atomic E-state index is -0.0471. The number of aryl methyl sites for hydroxylation is 1. The molecule has 21 heavy (non-hydrogen) atoms. The third kappa shape index (κ3) is 4.58. The highest BCUT2D eigenvalue weighted by atomic mass is 127. The minimum absolute atomic E-state index is 0. The Labute approximate surface area is 142 Å². The number of aliphatic imine (C=N–C) groups is 1. The summed E-state index contributed by atoms with van der Waals surface area (Å²) in [5.74, 6) is 1.20. The van der Waals surface area contributed by atoms with Crippen molar-refractivity contribution in [3.05, 3.63) is 18.0 Å². The van der Waals surface area contributed by atoms with E-state index in [0.29, 0.717) is 5.92 Å². The number of rotatable bonds is 3. The van der Waals surface area contributed by atoms with Crippen molar-refractivity contribution in [3.63, 3.8) is 0 Å². The molecule has 0 bridgehead atoms. The first kappa shape index (κ1) is 17.7. The standard InChI is InChI=1S/C13H22N6O.HI/c1-14-12(20)7-16-13(15-2)19-5-4-10(9-19)11-6-17-18(3)8-11;/h6,8,10H,4-5,7,9H2,1-3H3,(H,14,20)(H,15,16);1H. The maximum atomic E-state index is 11.3. The first-order valence-electron chi connectivity index (χ1n) is 6.78. The second-order valence-corrected chi connectivity index (χ2v) is 4.95. The van der Waals surface area contributed by atoms with Crippen molar-refractivity contribution in [1.29, 1.82) is 0 Å². The number of hydrogen-bond donors (Lipinski definition) is 2. The van der Waals surface area contributed by atoms with E-state index in [2.05, 4.69) is 31.8 Å². The van der Waals surface area contributed by atoms with Gasteiger partial charge >= 0.3 is 0 Å². The molecule has 1 aliphatic heterocycles. The Morgan fingerprint density at radius 3 is 2.90 bits per heavy atom. The molecule has 7 nitrogen and oxygen atoms in total. The predicted molar refractivity (Wildman–Crippen MR) is 93.0 cm³/mol. The van der Waals surface area contributed by atoms with Crippen molar-refractivity contribution in [2.75, 3.05) is 33.7 Å². The summed E-state index contributed by atoms with van der Waals surface area (Å²) in [5, 5.41) is 9.89. The van der Waals surface area contributed by atoms with Gasteiger partial charge in [0.05, 0.1) is 12.7 Å². The van der Waals surface area contributed by atoms with E-state index in [1.165, 1.54) is 5.56 Å². The fraction of sp³-hybridized carbons (Fsp3) is 0.615. The zero-order valence-corrected chi connectivity index (χ0v) is 15.0. The summed E-state index contributed by atoms with van der Waals surface area (Å²) < 4.78 is 1.83. The van der Waals surface area contributed by atoms with Crippen LogP contribution in [-0.2, 0) is 11.8 Å². The lowest BCUT2D eigenvalue weighted by atomic mass is 10.0. The molecule has 8 heteroatoms. The molecule has 1 amide bonds. The molecular formula is C13H23IN6O. The summed E-state index contributed by atoms with van der Waals surface area (Å²) in [5.41, 5.74) is 1.26. The topological polar surface area (TPSA) is 74.6 Å². The summed E-state index contributed by atoms with van der Waals surface area (Å²) in [7, 11) is 5.30. The number of likely N-dealkylation sites (N-methyl/N-ethyl adjacent to an activating group) is 1. The molecule has 2 heterocycles. The number of carbonyl (C=O) groups is 1. The average Bonchev–Trinajstić information content (AvgIpc) is 3.08. The quantitative estimate of drug-likeness (QED) is 0.426. The van der Waals surface area contributed by atoms with Gasteiger partial charge in [0.25, 0.3) is 0 Å². The minimum Gasteiger partial charge on any atom is -0.358 e. The van der Waals surface area contributed by atoms with E-state index in [1.54, 1.807) is 14.1 Å². The van der Waals surface area contributed by atoms with E-state index in [-0.39, 0.29) is 36.4 Å². The molecule has 118 valence electrons. The third-order valence-electron chi connectivity index (χ3n) is 3.58. The Balaban J connectivity index is 0.00000220. The third-order valence-corrected chi connectivity index (χ3v) is 3.58. The summed E-state index contributed by atoms with van der Waals surface area (Å²) in [6.07, 6.45) is 5.07. The lowest BCUT2D eigenvalue weighted by molar-refractivity contribution is -0.119. The highest BCUT2D eigenvalue weighted by molar-refractivity contribution is 14.0. The lowest BCUT2D eigenvalue weighted by Crippen LogP contribution is -2.44. The van der Waals surface area contributed by atoms with Gasteiger partial charge in [-0.2, -0.15) is 5.10 Å². The first-order chi connectivity index (χ1) is 9.63. The van der Waals surface area contributed by atoms with Gasteiger partial charge in [0, 0.05) is 46.3 Å². The normalized spacial score (nSPS) is 18.3. The van der Waals surface area contributed by atoms with Crippen molar-refractivity contribution < 1.29 is 4.79 Å². The van der Waals surface area contributed by atoms with Crippen LogP contribution in [-0.4, -0.2) is 60.3 Å². The number of halogens is 1. The number of aromatic nitrogens is 2. The molecule has 1 aromatic rings.